The highest BCUT2D eigenvalue weighted by molar-refractivity contribution is 5.84. The molecule has 0 aromatic carbocycles. The van der Waals surface area contributed by atoms with Crippen molar-refractivity contribution in [3.63, 3.8) is 0 Å². The molecule has 5 nitrogen and oxygen atoms in total. The molecule has 1 fully saturated rings. The van der Waals surface area contributed by atoms with Crippen LogP contribution in [0, 0.1) is 0 Å². The molecule has 0 bridgehead atoms. The Morgan fingerprint density at radius 2 is 2.09 bits per heavy atom. The lowest BCUT2D eigenvalue weighted by Crippen LogP contribution is -2.46. The first-order chi connectivity index (χ1) is 10.4. The van der Waals surface area contributed by atoms with E-state index in [2.05, 4.69) is 0 Å². The van der Waals surface area contributed by atoms with Gasteiger partial charge in [0.05, 0.1) is 13.1 Å². The van der Waals surface area contributed by atoms with E-state index in [0.29, 0.717) is 12.6 Å². The van der Waals surface area contributed by atoms with Crippen molar-refractivity contribution >= 4 is 11.8 Å². The summed E-state index contributed by atoms with van der Waals surface area (Å²) < 4.78 is 2.04. The number of hydrogen-bond donors (Lipinski definition) is 0. The molecule has 5 heteroatoms. The summed E-state index contributed by atoms with van der Waals surface area (Å²) in [7, 11) is 1.99. The lowest BCUT2D eigenvalue weighted by molar-refractivity contribution is -0.141. The Labute approximate surface area is 132 Å². The average molecular weight is 305 g/mol. The first-order valence-electron chi connectivity index (χ1n) is 8.10. The average Bonchev–Trinajstić information content (AvgIpc) is 3.24. The van der Waals surface area contributed by atoms with Crippen molar-refractivity contribution in [3.05, 3.63) is 24.0 Å². The second-order valence-electron chi connectivity index (χ2n) is 6.27. The van der Waals surface area contributed by atoms with Gasteiger partial charge < -0.3 is 14.4 Å². The Kier molecular flexibility index (Phi) is 5.27. The predicted octanol–water partition coefficient (Wildman–Crippen LogP) is 2.16. The molecule has 1 aliphatic rings. The van der Waals surface area contributed by atoms with Gasteiger partial charge in [0.1, 0.15) is 0 Å². The molecule has 0 aliphatic heterocycles. The third-order valence-corrected chi connectivity index (χ3v) is 4.52. The van der Waals surface area contributed by atoms with Crippen molar-refractivity contribution in [2.45, 2.75) is 58.7 Å². The molecule has 1 aromatic rings. The zero-order valence-corrected chi connectivity index (χ0v) is 14.1. The molecule has 0 N–H and O–H groups in total. The van der Waals surface area contributed by atoms with Crippen LogP contribution in [0.5, 0.6) is 0 Å². The molecule has 2 rings (SSSR count). The minimum absolute atomic E-state index is 0.0303. The summed E-state index contributed by atoms with van der Waals surface area (Å²) in [5.41, 5.74) is 1.12. The number of aryl methyl sites for hydroxylation is 1. The number of nitrogens with zero attached hydrogens (tertiary/aromatic N) is 3. The molecule has 1 unspecified atom stereocenters. The Bertz CT molecular complexity index is 534. The lowest BCUT2D eigenvalue weighted by Gasteiger charge is -2.30. The van der Waals surface area contributed by atoms with Gasteiger partial charge in [0.25, 0.3) is 0 Å². The largest absolute Gasteiger partial charge is 0.353 e. The fraction of sp³-hybridized carbons (Fsp3) is 0.647. The van der Waals surface area contributed by atoms with Crippen LogP contribution in [0.15, 0.2) is 18.3 Å². The van der Waals surface area contributed by atoms with Crippen LogP contribution in [-0.4, -0.2) is 44.8 Å². The van der Waals surface area contributed by atoms with Gasteiger partial charge in [-0.15, -0.1) is 0 Å². The van der Waals surface area contributed by atoms with Crippen LogP contribution in [0.3, 0.4) is 0 Å². The van der Waals surface area contributed by atoms with Crippen LogP contribution < -0.4 is 0 Å². The Balaban J connectivity index is 2.06. The highest BCUT2D eigenvalue weighted by atomic mass is 16.2. The third kappa shape index (κ3) is 3.90. The SMILES string of the molecule is CCC(C)N(CC(=O)N(Cc1cccn1C)C1CC1)C(C)=O. The van der Waals surface area contributed by atoms with Gasteiger partial charge in [-0.3, -0.25) is 9.59 Å². The number of carbonyl (C=O) groups excluding carboxylic acids is 2. The Morgan fingerprint density at radius 1 is 1.41 bits per heavy atom. The fourth-order valence-corrected chi connectivity index (χ4v) is 2.68. The number of hydrogen-bond acceptors (Lipinski definition) is 2. The maximum atomic E-state index is 12.7. The van der Waals surface area contributed by atoms with Crippen LogP contribution in [0.1, 0.15) is 45.7 Å². The summed E-state index contributed by atoms with van der Waals surface area (Å²) in [6.45, 7) is 6.38. The fourth-order valence-electron chi connectivity index (χ4n) is 2.68. The smallest absolute Gasteiger partial charge is 0.242 e. The van der Waals surface area contributed by atoms with Crippen molar-refractivity contribution in [3.8, 4) is 0 Å². The number of rotatable bonds is 7. The van der Waals surface area contributed by atoms with E-state index >= 15 is 0 Å². The zero-order valence-electron chi connectivity index (χ0n) is 14.1. The summed E-state index contributed by atoms with van der Waals surface area (Å²) in [6.07, 6.45) is 4.99. The molecule has 22 heavy (non-hydrogen) atoms. The van der Waals surface area contributed by atoms with E-state index in [4.69, 9.17) is 0 Å². The summed E-state index contributed by atoms with van der Waals surface area (Å²) in [6, 6.07) is 4.47. The number of carbonyl (C=O) groups is 2. The van der Waals surface area contributed by atoms with Crippen molar-refractivity contribution in [2.24, 2.45) is 7.05 Å². The summed E-state index contributed by atoms with van der Waals surface area (Å²) in [5, 5.41) is 0. The molecule has 1 aliphatic carbocycles. The molecule has 2 amide bonds. The van der Waals surface area contributed by atoms with Crippen LogP contribution in [0.25, 0.3) is 0 Å². The maximum Gasteiger partial charge on any atom is 0.242 e. The van der Waals surface area contributed by atoms with E-state index in [9.17, 15) is 9.59 Å². The van der Waals surface area contributed by atoms with Crippen LogP contribution >= 0.6 is 0 Å². The molecule has 0 spiro atoms. The van der Waals surface area contributed by atoms with Gasteiger partial charge in [0.2, 0.25) is 11.8 Å². The van der Waals surface area contributed by atoms with E-state index in [0.717, 1.165) is 25.0 Å². The van der Waals surface area contributed by atoms with Crippen LogP contribution in [0.4, 0.5) is 0 Å². The molecular weight excluding hydrogens is 278 g/mol. The number of amides is 2. The Hall–Kier alpha value is -1.78. The minimum Gasteiger partial charge on any atom is -0.353 e. The second-order valence-corrected chi connectivity index (χ2v) is 6.27. The molecule has 1 heterocycles. The van der Waals surface area contributed by atoms with Crippen molar-refractivity contribution in [1.82, 2.24) is 14.4 Å². The zero-order chi connectivity index (χ0) is 16.3. The Morgan fingerprint density at radius 3 is 2.55 bits per heavy atom. The van der Waals surface area contributed by atoms with Gasteiger partial charge >= 0.3 is 0 Å². The minimum atomic E-state index is -0.0303. The first-order valence-corrected chi connectivity index (χ1v) is 8.10. The topological polar surface area (TPSA) is 45.6 Å². The standard InChI is InChI=1S/C17H27N3O2/c1-5-13(2)19(14(3)21)12-17(22)20(15-8-9-15)11-16-7-6-10-18(16)4/h6-7,10,13,15H,5,8-9,11-12H2,1-4H3. The van der Waals surface area contributed by atoms with Crippen LogP contribution in [0.2, 0.25) is 0 Å². The highest BCUT2D eigenvalue weighted by Crippen LogP contribution is 2.28. The van der Waals surface area contributed by atoms with E-state index < -0.39 is 0 Å². The summed E-state index contributed by atoms with van der Waals surface area (Å²) >= 11 is 0. The molecule has 1 aromatic heterocycles. The molecule has 0 radical (unpaired) electrons. The monoisotopic (exact) mass is 305 g/mol. The number of aromatic nitrogens is 1. The van der Waals surface area contributed by atoms with E-state index in [1.54, 1.807) is 4.90 Å². The first kappa shape index (κ1) is 16.6. The van der Waals surface area contributed by atoms with Crippen molar-refractivity contribution in [2.75, 3.05) is 6.54 Å². The van der Waals surface area contributed by atoms with Crippen molar-refractivity contribution in [1.29, 1.82) is 0 Å². The van der Waals surface area contributed by atoms with Crippen LogP contribution in [-0.2, 0) is 23.2 Å². The highest BCUT2D eigenvalue weighted by Gasteiger charge is 2.34. The van der Waals surface area contributed by atoms with Gasteiger partial charge in [0.15, 0.2) is 0 Å². The van der Waals surface area contributed by atoms with E-state index in [1.165, 1.54) is 6.92 Å². The van der Waals surface area contributed by atoms with Gasteiger partial charge in [-0.1, -0.05) is 6.92 Å². The van der Waals surface area contributed by atoms with Gasteiger partial charge in [-0.2, -0.15) is 0 Å². The van der Waals surface area contributed by atoms with E-state index in [1.807, 2.05) is 48.7 Å². The normalized spacial score (nSPS) is 15.5. The summed E-state index contributed by atoms with van der Waals surface area (Å²) in [4.78, 5) is 28.2. The van der Waals surface area contributed by atoms with E-state index in [-0.39, 0.29) is 24.4 Å². The molecule has 1 atom stereocenters. The molecule has 0 saturated heterocycles. The lowest BCUT2D eigenvalue weighted by atomic mass is 10.2. The van der Waals surface area contributed by atoms with Gasteiger partial charge in [-0.05, 0) is 38.3 Å². The van der Waals surface area contributed by atoms with Crippen molar-refractivity contribution < 1.29 is 9.59 Å². The predicted molar refractivity (Wildman–Crippen MR) is 86.1 cm³/mol. The van der Waals surface area contributed by atoms with Gasteiger partial charge in [0, 0.05) is 37.9 Å². The quantitative estimate of drug-likeness (QED) is 0.775. The second kappa shape index (κ2) is 6.99. The third-order valence-electron chi connectivity index (χ3n) is 4.52. The summed E-state index contributed by atoms with van der Waals surface area (Å²) in [5.74, 6) is 0.0245. The van der Waals surface area contributed by atoms with Gasteiger partial charge in [-0.25, -0.2) is 0 Å². The molecule has 1 saturated carbocycles. The maximum absolute atomic E-state index is 12.7. The molecule has 122 valence electrons. The molecular formula is C17H27N3O2.